The molecule has 132 valence electrons. The summed E-state index contributed by atoms with van der Waals surface area (Å²) in [4.78, 5) is 16.6. The summed E-state index contributed by atoms with van der Waals surface area (Å²) < 4.78 is 13.6. The highest BCUT2D eigenvalue weighted by Gasteiger charge is 2.11. The molecule has 0 unspecified atom stereocenters. The van der Waals surface area contributed by atoms with Gasteiger partial charge in [0.15, 0.2) is 11.5 Å². The topological polar surface area (TPSA) is 79.8 Å². The molecule has 0 saturated heterocycles. The van der Waals surface area contributed by atoms with Gasteiger partial charge >= 0.3 is 0 Å². The summed E-state index contributed by atoms with van der Waals surface area (Å²) in [5.74, 6) is -0.581. The van der Waals surface area contributed by atoms with E-state index in [0.717, 1.165) is 16.6 Å². The Hall–Kier alpha value is -3.87. The van der Waals surface area contributed by atoms with Gasteiger partial charge in [-0.15, -0.1) is 10.2 Å². The molecular formula is C20H14FN5O. The number of nitrogens with zero attached hydrogens (tertiary/aromatic N) is 3. The van der Waals surface area contributed by atoms with E-state index in [0.29, 0.717) is 5.82 Å². The Kier molecular flexibility index (Phi) is 4.40. The summed E-state index contributed by atoms with van der Waals surface area (Å²) in [6, 6.07) is 18.7. The van der Waals surface area contributed by atoms with Crippen molar-refractivity contribution < 1.29 is 9.18 Å². The molecule has 27 heavy (non-hydrogen) atoms. The van der Waals surface area contributed by atoms with Gasteiger partial charge in [0.25, 0.3) is 5.91 Å². The fourth-order valence-electron chi connectivity index (χ4n) is 2.61. The number of aromatic nitrogens is 3. The van der Waals surface area contributed by atoms with Gasteiger partial charge in [0.1, 0.15) is 5.82 Å². The number of rotatable bonds is 4. The van der Waals surface area contributed by atoms with E-state index in [1.807, 2.05) is 30.3 Å². The summed E-state index contributed by atoms with van der Waals surface area (Å²) in [5.41, 5.74) is 1.77. The van der Waals surface area contributed by atoms with E-state index in [1.54, 1.807) is 24.4 Å². The molecule has 2 aromatic heterocycles. The molecule has 2 aromatic carbocycles. The third-order valence-electron chi connectivity index (χ3n) is 3.91. The number of hydrogen-bond donors (Lipinski definition) is 2. The largest absolute Gasteiger partial charge is 0.337 e. The first-order valence-corrected chi connectivity index (χ1v) is 8.21. The average molecular weight is 359 g/mol. The van der Waals surface area contributed by atoms with Crippen LogP contribution in [-0.4, -0.2) is 21.1 Å². The number of nitrogens with one attached hydrogen (secondary N) is 2. The first-order chi connectivity index (χ1) is 13.2. The van der Waals surface area contributed by atoms with Gasteiger partial charge in [-0.2, -0.15) is 0 Å². The first kappa shape index (κ1) is 16.6. The number of pyridine rings is 1. The molecule has 4 aromatic rings. The lowest BCUT2D eigenvalue weighted by Gasteiger charge is -2.08. The lowest BCUT2D eigenvalue weighted by atomic mass is 10.2. The predicted octanol–water partition coefficient (Wildman–Crippen LogP) is 4.16. The Labute approximate surface area is 154 Å². The van der Waals surface area contributed by atoms with E-state index in [2.05, 4.69) is 25.8 Å². The van der Waals surface area contributed by atoms with Gasteiger partial charge in [-0.3, -0.25) is 9.78 Å². The molecule has 0 saturated carbocycles. The SMILES string of the molecule is O=C(Nc1ccccc1F)c1ccc(Nc2cccc3cccnc23)nn1. The van der Waals surface area contributed by atoms with Crippen LogP contribution in [0.4, 0.5) is 21.6 Å². The van der Waals surface area contributed by atoms with Crippen molar-refractivity contribution in [2.45, 2.75) is 0 Å². The van der Waals surface area contributed by atoms with Gasteiger partial charge in [-0.05, 0) is 36.4 Å². The molecule has 0 spiro atoms. The average Bonchev–Trinajstić information content (AvgIpc) is 2.70. The van der Waals surface area contributed by atoms with Crippen LogP contribution in [0.25, 0.3) is 10.9 Å². The smallest absolute Gasteiger partial charge is 0.276 e. The summed E-state index contributed by atoms with van der Waals surface area (Å²) in [7, 11) is 0. The minimum Gasteiger partial charge on any atom is -0.337 e. The second-order valence-corrected chi connectivity index (χ2v) is 5.74. The molecule has 0 aliphatic carbocycles. The molecule has 0 aliphatic rings. The van der Waals surface area contributed by atoms with E-state index in [-0.39, 0.29) is 11.4 Å². The summed E-state index contributed by atoms with van der Waals surface area (Å²) in [5, 5.41) is 14.5. The zero-order chi connectivity index (χ0) is 18.6. The van der Waals surface area contributed by atoms with Crippen LogP contribution in [0.1, 0.15) is 10.5 Å². The number of amides is 1. The van der Waals surface area contributed by atoms with E-state index >= 15 is 0 Å². The second-order valence-electron chi connectivity index (χ2n) is 5.74. The van der Waals surface area contributed by atoms with E-state index in [1.165, 1.54) is 18.2 Å². The van der Waals surface area contributed by atoms with Crippen molar-refractivity contribution in [2.75, 3.05) is 10.6 Å². The highest BCUT2D eigenvalue weighted by atomic mass is 19.1. The van der Waals surface area contributed by atoms with Crippen molar-refractivity contribution in [3.8, 4) is 0 Å². The van der Waals surface area contributed by atoms with Gasteiger partial charge in [0.2, 0.25) is 0 Å². The molecule has 2 N–H and O–H groups in total. The lowest BCUT2D eigenvalue weighted by molar-refractivity contribution is 0.102. The maximum atomic E-state index is 13.6. The summed E-state index contributed by atoms with van der Waals surface area (Å²) >= 11 is 0. The minimum absolute atomic E-state index is 0.0832. The van der Waals surface area contributed by atoms with Crippen molar-refractivity contribution in [3.63, 3.8) is 0 Å². The highest BCUT2D eigenvalue weighted by Crippen LogP contribution is 2.23. The Balaban J connectivity index is 1.52. The number of benzene rings is 2. The number of carbonyl (C=O) groups is 1. The van der Waals surface area contributed by atoms with Crippen LogP contribution in [-0.2, 0) is 0 Å². The Morgan fingerprint density at radius 2 is 1.67 bits per heavy atom. The summed E-state index contributed by atoms with van der Waals surface area (Å²) in [6.07, 6.45) is 1.72. The van der Waals surface area contributed by atoms with Gasteiger partial charge in [0, 0.05) is 11.6 Å². The van der Waals surface area contributed by atoms with Crippen LogP contribution in [0.5, 0.6) is 0 Å². The van der Waals surface area contributed by atoms with E-state index < -0.39 is 11.7 Å². The number of halogens is 1. The first-order valence-electron chi connectivity index (χ1n) is 8.21. The fourth-order valence-corrected chi connectivity index (χ4v) is 2.61. The maximum Gasteiger partial charge on any atom is 0.276 e. The molecular weight excluding hydrogens is 345 g/mol. The summed E-state index contributed by atoms with van der Waals surface area (Å²) in [6.45, 7) is 0. The molecule has 7 heteroatoms. The van der Waals surface area contributed by atoms with Crippen LogP contribution in [0, 0.1) is 5.82 Å². The second kappa shape index (κ2) is 7.17. The van der Waals surface area contributed by atoms with Crippen LogP contribution in [0.2, 0.25) is 0 Å². The third-order valence-corrected chi connectivity index (χ3v) is 3.91. The molecule has 0 radical (unpaired) electrons. The maximum absolute atomic E-state index is 13.6. The third kappa shape index (κ3) is 3.57. The zero-order valence-corrected chi connectivity index (χ0v) is 14.1. The molecule has 2 heterocycles. The molecule has 0 bridgehead atoms. The van der Waals surface area contributed by atoms with Crippen LogP contribution in [0.3, 0.4) is 0 Å². The molecule has 4 rings (SSSR count). The van der Waals surface area contributed by atoms with Crippen LogP contribution < -0.4 is 10.6 Å². The number of anilines is 3. The van der Waals surface area contributed by atoms with E-state index in [4.69, 9.17) is 0 Å². The van der Waals surface area contributed by atoms with Crippen molar-refractivity contribution in [1.29, 1.82) is 0 Å². The normalized spacial score (nSPS) is 10.6. The van der Waals surface area contributed by atoms with Crippen molar-refractivity contribution >= 4 is 34.0 Å². The van der Waals surface area contributed by atoms with Crippen molar-refractivity contribution in [3.05, 3.63) is 84.4 Å². The van der Waals surface area contributed by atoms with Crippen LogP contribution >= 0.6 is 0 Å². The molecule has 1 amide bonds. The standard InChI is InChI=1S/C20H14FN5O/c21-14-7-1-2-8-15(14)24-20(27)17-10-11-18(26-25-17)23-16-9-3-5-13-6-4-12-22-19(13)16/h1-12H,(H,23,26)(H,24,27). The van der Waals surface area contributed by atoms with Crippen LogP contribution in [0.15, 0.2) is 72.9 Å². The number of fused-ring (bicyclic) bond motifs is 1. The van der Waals surface area contributed by atoms with E-state index in [9.17, 15) is 9.18 Å². The van der Waals surface area contributed by atoms with Gasteiger partial charge in [-0.1, -0.05) is 30.3 Å². The lowest BCUT2D eigenvalue weighted by Crippen LogP contribution is -2.15. The molecule has 0 aliphatic heterocycles. The Bertz CT molecular complexity index is 1110. The molecule has 0 atom stereocenters. The number of para-hydroxylation sites is 2. The molecule has 6 nitrogen and oxygen atoms in total. The monoisotopic (exact) mass is 359 g/mol. The predicted molar refractivity (Wildman–Crippen MR) is 101 cm³/mol. The molecule has 0 fully saturated rings. The number of hydrogen-bond acceptors (Lipinski definition) is 5. The van der Waals surface area contributed by atoms with Gasteiger partial charge in [-0.25, -0.2) is 4.39 Å². The van der Waals surface area contributed by atoms with Gasteiger partial charge in [0.05, 0.1) is 16.9 Å². The fraction of sp³-hybridized carbons (Fsp3) is 0. The Morgan fingerprint density at radius 1 is 0.852 bits per heavy atom. The Morgan fingerprint density at radius 3 is 2.48 bits per heavy atom. The minimum atomic E-state index is -0.536. The zero-order valence-electron chi connectivity index (χ0n) is 14.1. The quantitative estimate of drug-likeness (QED) is 0.572. The van der Waals surface area contributed by atoms with Crippen molar-refractivity contribution in [2.24, 2.45) is 0 Å². The van der Waals surface area contributed by atoms with Gasteiger partial charge < -0.3 is 10.6 Å². The number of carbonyl (C=O) groups excluding carboxylic acids is 1. The highest BCUT2D eigenvalue weighted by molar-refractivity contribution is 6.02. The van der Waals surface area contributed by atoms with Crippen molar-refractivity contribution in [1.82, 2.24) is 15.2 Å².